The van der Waals surface area contributed by atoms with Crippen LogP contribution in [0.1, 0.15) is 44.6 Å². The summed E-state index contributed by atoms with van der Waals surface area (Å²) in [5, 5.41) is 2.22. The van der Waals surface area contributed by atoms with Gasteiger partial charge in [-0.25, -0.2) is 0 Å². The number of allylic oxidation sites excluding steroid dienone is 1. The predicted octanol–water partition coefficient (Wildman–Crippen LogP) is 3.08. The number of esters is 1. The molecule has 0 bridgehead atoms. The molecule has 1 saturated heterocycles. The maximum atomic E-state index is 12.7. The summed E-state index contributed by atoms with van der Waals surface area (Å²) in [7, 11) is 3.29. The van der Waals surface area contributed by atoms with Crippen molar-refractivity contribution in [3.8, 4) is 11.5 Å². The lowest BCUT2D eigenvalue weighted by molar-refractivity contribution is -0.675. The van der Waals surface area contributed by atoms with Crippen molar-refractivity contribution < 1.29 is 24.3 Å². The molecule has 2 saturated carbocycles. The standard InChI is InChI=1S/C24H33NO4/c1-15-6-5-9-24(2)12-22-17(11-19(15)24)18(23(26)29-22)14-25-13-16-7-8-20(27-3)21(10-16)28-4/h7-8,10,17-19,22,25H,1,5-6,9,11-14H2,2-4H3/p+1/t17-,18-,19-,22+,24-/m0/s1. The molecule has 1 aromatic rings. The number of carbonyl (C=O) groups is 1. The molecule has 1 aromatic carbocycles. The van der Waals surface area contributed by atoms with Gasteiger partial charge in [-0.1, -0.05) is 19.1 Å². The Hall–Kier alpha value is -2.01. The second-order valence-corrected chi connectivity index (χ2v) is 9.32. The maximum Gasteiger partial charge on any atom is 0.315 e. The maximum absolute atomic E-state index is 12.7. The largest absolute Gasteiger partial charge is 0.493 e. The van der Waals surface area contributed by atoms with Gasteiger partial charge in [0, 0.05) is 11.5 Å². The van der Waals surface area contributed by atoms with Crippen molar-refractivity contribution in [3.63, 3.8) is 0 Å². The number of methoxy groups -OCH3 is 2. The lowest BCUT2D eigenvalue weighted by Crippen LogP contribution is -2.84. The third-order valence-corrected chi connectivity index (χ3v) is 7.57. The Balaban J connectivity index is 1.39. The Morgan fingerprint density at radius 3 is 2.83 bits per heavy atom. The van der Waals surface area contributed by atoms with Crippen LogP contribution in [-0.2, 0) is 16.1 Å². The summed E-state index contributed by atoms with van der Waals surface area (Å²) in [6.45, 7) is 8.33. The summed E-state index contributed by atoms with van der Waals surface area (Å²) >= 11 is 0. The van der Waals surface area contributed by atoms with Gasteiger partial charge in [0.15, 0.2) is 11.5 Å². The van der Waals surface area contributed by atoms with Crippen LogP contribution >= 0.6 is 0 Å². The predicted molar refractivity (Wildman–Crippen MR) is 111 cm³/mol. The molecule has 5 heteroatoms. The lowest BCUT2D eigenvalue weighted by atomic mass is 9.55. The smallest absolute Gasteiger partial charge is 0.315 e. The van der Waals surface area contributed by atoms with E-state index in [1.54, 1.807) is 14.2 Å². The Morgan fingerprint density at radius 1 is 1.28 bits per heavy atom. The van der Waals surface area contributed by atoms with Crippen LogP contribution in [-0.4, -0.2) is 32.8 Å². The number of hydrogen-bond donors (Lipinski definition) is 1. The fourth-order valence-electron chi connectivity index (χ4n) is 5.96. The molecule has 4 rings (SSSR count). The van der Waals surface area contributed by atoms with Gasteiger partial charge in [0.25, 0.3) is 0 Å². The Bertz CT molecular complexity index is 791. The molecule has 3 fully saturated rings. The van der Waals surface area contributed by atoms with Crippen molar-refractivity contribution in [2.24, 2.45) is 23.2 Å². The van der Waals surface area contributed by atoms with E-state index in [4.69, 9.17) is 14.2 Å². The minimum absolute atomic E-state index is 0.00331. The number of quaternary nitrogens is 1. The first kappa shape index (κ1) is 20.3. The van der Waals surface area contributed by atoms with E-state index in [2.05, 4.69) is 18.8 Å². The molecular formula is C24H34NO4+. The average Bonchev–Trinajstić information content (AvgIpc) is 3.00. The molecule has 2 aliphatic carbocycles. The summed E-state index contributed by atoms with van der Waals surface area (Å²) in [4.78, 5) is 12.7. The second kappa shape index (κ2) is 8.02. The van der Waals surface area contributed by atoms with E-state index in [-0.39, 0.29) is 23.4 Å². The van der Waals surface area contributed by atoms with Crippen molar-refractivity contribution in [1.82, 2.24) is 0 Å². The van der Waals surface area contributed by atoms with Crippen molar-refractivity contribution in [3.05, 3.63) is 35.9 Å². The van der Waals surface area contributed by atoms with Crippen molar-refractivity contribution in [2.75, 3.05) is 20.8 Å². The second-order valence-electron chi connectivity index (χ2n) is 9.32. The number of benzene rings is 1. The molecule has 0 spiro atoms. The summed E-state index contributed by atoms with van der Waals surface area (Å²) in [5.74, 6) is 2.32. The Morgan fingerprint density at radius 2 is 2.07 bits per heavy atom. The van der Waals surface area contributed by atoms with E-state index >= 15 is 0 Å². The molecule has 0 amide bonds. The minimum atomic E-state index is -0.0144. The van der Waals surface area contributed by atoms with Gasteiger partial charge in [0.1, 0.15) is 18.6 Å². The molecule has 1 aliphatic heterocycles. The summed E-state index contributed by atoms with van der Waals surface area (Å²) < 4.78 is 16.6. The van der Waals surface area contributed by atoms with Gasteiger partial charge >= 0.3 is 5.97 Å². The van der Waals surface area contributed by atoms with Crippen LogP contribution in [0.4, 0.5) is 0 Å². The molecule has 5 nitrogen and oxygen atoms in total. The zero-order valence-corrected chi connectivity index (χ0v) is 17.9. The SMILES string of the molecule is C=C1CCC[C@@]2(C)C[C@H]3OC(=O)[C@@H](C[NH2+]Cc4ccc(OC)c(OC)c4)[C@@H]3C[C@@H]12. The number of fused-ring (bicyclic) bond motifs is 2. The van der Waals surface area contributed by atoms with Crippen molar-refractivity contribution >= 4 is 5.97 Å². The first-order chi connectivity index (χ1) is 13.9. The highest BCUT2D eigenvalue weighted by Gasteiger charge is 2.55. The third-order valence-electron chi connectivity index (χ3n) is 7.57. The number of hydrogen-bond acceptors (Lipinski definition) is 4. The fourth-order valence-corrected chi connectivity index (χ4v) is 5.96. The van der Waals surface area contributed by atoms with Crippen LogP contribution in [0.15, 0.2) is 30.4 Å². The van der Waals surface area contributed by atoms with Crippen LogP contribution in [0.5, 0.6) is 11.5 Å². The van der Waals surface area contributed by atoms with E-state index in [1.165, 1.54) is 18.4 Å². The third kappa shape index (κ3) is 3.77. The molecular weight excluding hydrogens is 366 g/mol. The number of carbonyl (C=O) groups excluding carboxylic acids is 1. The van der Waals surface area contributed by atoms with Crippen LogP contribution in [0.3, 0.4) is 0 Å². The number of nitrogens with two attached hydrogens (primary N) is 1. The van der Waals surface area contributed by atoms with Gasteiger partial charge in [-0.3, -0.25) is 4.79 Å². The zero-order valence-electron chi connectivity index (χ0n) is 17.9. The number of rotatable bonds is 6. The molecule has 3 aliphatic rings. The Labute approximate surface area is 173 Å². The molecule has 1 heterocycles. The minimum Gasteiger partial charge on any atom is -0.493 e. The Kier molecular flexibility index (Phi) is 5.60. The molecule has 0 aromatic heterocycles. The van der Waals surface area contributed by atoms with Gasteiger partial charge < -0.3 is 19.5 Å². The van der Waals surface area contributed by atoms with Crippen LogP contribution in [0.2, 0.25) is 0 Å². The monoisotopic (exact) mass is 400 g/mol. The quantitative estimate of drug-likeness (QED) is 0.589. The lowest BCUT2D eigenvalue weighted by Gasteiger charge is -2.49. The summed E-state index contributed by atoms with van der Waals surface area (Å²) in [6.07, 6.45) is 5.74. The van der Waals surface area contributed by atoms with Crippen LogP contribution in [0.25, 0.3) is 0 Å². The van der Waals surface area contributed by atoms with Gasteiger partial charge in [-0.15, -0.1) is 0 Å². The van der Waals surface area contributed by atoms with E-state index < -0.39 is 0 Å². The fraction of sp³-hybridized carbons (Fsp3) is 0.625. The highest BCUT2D eigenvalue weighted by atomic mass is 16.6. The summed E-state index contributed by atoms with van der Waals surface area (Å²) in [5.41, 5.74) is 2.81. The first-order valence-corrected chi connectivity index (χ1v) is 10.9. The molecule has 5 atom stereocenters. The average molecular weight is 401 g/mol. The van der Waals surface area contributed by atoms with E-state index in [9.17, 15) is 4.79 Å². The molecule has 0 unspecified atom stereocenters. The van der Waals surface area contributed by atoms with Gasteiger partial charge in [-0.05, 0) is 61.6 Å². The van der Waals surface area contributed by atoms with Gasteiger partial charge in [0.2, 0.25) is 0 Å². The zero-order chi connectivity index (χ0) is 20.6. The first-order valence-electron chi connectivity index (χ1n) is 10.9. The highest BCUT2D eigenvalue weighted by molar-refractivity contribution is 5.75. The van der Waals surface area contributed by atoms with Crippen molar-refractivity contribution in [1.29, 1.82) is 0 Å². The van der Waals surface area contributed by atoms with E-state index in [0.717, 1.165) is 49.4 Å². The number of ether oxygens (including phenoxy) is 3. The van der Waals surface area contributed by atoms with Gasteiger partial charge in [-0.2, -0.15) is 0 Å². The van der Waals surface area contributed by atoms with Gasteiger partial charge in [0.05, 0.1) is 20.8 Å². The van der Waals surface area contributed by atoms with Crippen LogP contribution in [0, 0.1) is 23.2 Å². The highest BCUT2D eigenvalue weighted by Crippen LogP contribution is 2.56. The van der Waals surface area contributed by atoms with Crippen LogP contribution < -0.4 is 14.8 Å². The van der Waals surface area contributed by atoms with Crippen molar-refractivity contribution in [2.45, 2.75) is 51.7 Å². The van der Waals surface area contributed by atoms with E-state index in [0.29, 0.717) is 11.8 Å². The molecule has 158 valence electrons. The molecule has 2 N–H and O–H groups in total. The summed E-state index contributed by atoms with van der Waals surface area (Å²) in [6, 6.07) is 5.98. The topological polar surface area (TPSA) is 61.4 Å². The van der Waals surface area contributed by atoms with E-state index in [1.807, 2.05) is 18.2 Å². The molecule has 29 heavy (non-hydrogen) atoms. The molecule has 0 radical (unpaired) electrons. The normalized spacial score (nSPS) is 33.6.